The molecule has 0 spiro atoms. The SMILES string of the molecule is O=C(NCCCn1ccnc1)C1CCCN(S(=O)(=O)c2cccc3nsnc23)C1. The smallest absolute Gasteiger partial charge is 0.245 e. The minimum Gasteiger partial charge on any atom is -0.356 e. The molecule has 154 valence electrons. The number of aryl methyl sites for hydroxylation is 1. The zero-order chi connectivity index (χ0) is 20.3. The number of hydrogen-bond acceptors (Lipinski definition) is 7. The molecule has 4 rings (SSSR count). The number of imidazole rings is 1. The number of nitrogens with one attached hydrogen (secondary N) is 1. The van der Waals surface area contributed by atoms with E-state index >= 15 is 0 Å². The number of hydrogen-bond donors (Lipinski definition) is 1. The summed E-state index contributed by atoms with van der Waals surface area (Å²) in [5, 5.41) is 2.94. The number of fused-ring (bicyclic) bond motifs is 1. The van der Waals surface area contributed by atoms with Crippen molar-refractivity contribution in [1.29, 1.82) is 0 Å². The van der Waals surface area contributed by atoms with E-state index in [1.54, 1.807) is 30.7 Å². The summed E-state index contributed by atoms with van der Waals surface area (Å²) in [6, 6.07) is 4.97. The van der Waals surface area contributed by atoms with Gasteiger partial charge in [0.1, 0.15) is 15.9 Å². The Bertz CT molecular complexity index is 1080. The predicted molar refractivity (Wildman–Crippen MR) is 109 cm³/mol. The molecular weight excluding hydrogens is 412 g/mol. The lowest BCUT2D eigenvalue weighted by Crippen LogP contribution is -2.45. The molecule has 0 saturated carbocycles. The van der Waals surface area contributed by atoms with Gasteiger partial charge in [-0.3, -0.25) is 4.79 Å². The molecule has 3 aromatic rings. The molecule has 1 aromatic carbocycles. The maximum atomic E-state index is 13.2. The topological polar surface area (TPSA) is 110 Å². The molecule has 1 fully saturated rings. The largest absolute Gasteiger partial charge is 0.356 e. The standard InChI is InChI=1S/C18H22N6O3S2/c25-18(20-7-3-9-23-11-8-19-13-23)14-4-2-10-24(12-14)29(26,27)16-6-1-5-15-17(16)22-28-21-15/h1,5-6,8,11,13-14H,2-4,7,9-10,12H2,(H,20,25). The van der Waals surface area contributed by atoms with E-state index in [0.717, 1.165) is 24.7 Å². The fraction of sp³-hybridized carbons (Fsp3) is 0.444. The zero-order valence-electron chi connectivity index (χ0n) is 15.8. The second-order valence-electron chi connectivity index (χ2n) is 7.04. The molecule has 2 aromatic heterocycles. The molecule has 1 amide bonds. The first-order chi connectivity index (χ1) is 14.1. The molecule has 0 aliphatic carbocycles. The van der Waals surface area contributed by atoms with Crippen LogP contribution in [0.2, 0.25) is 0 Å². The van der Waals surface area contributed by atoms with Crippen LogP contribution in [-0.2, 0) is 21.4 Å². The number of piperidine rings is 1. The van der Waals surface area contributed by atoms with Crippen molar-refractivity contribution in [1.82, 2.24) is 27.9 Å². The molecule has 1 atom stereocenters. The van der Waals surface area contributed by atoms with Gasteiger partial charge in [0.15, 0.2) is 0 Å². The van der Waals surface area contributed by atoms with Crippen LogP contribution in [-0.4, -0.2) is 56.6 Å². The second-order valence-corrected chi connectivity index (χ2v) is 9.47. The predicted octanol–water partition coefficient (Wildman–Crippen LogP) is 1.49. The van der Waals surface area contributed by atoms with Crippen LogP contribution < -0.4 is 5.32 Å². The fourth-order valence-electron chi connectivity index (χ4n) is 3.54. The van der Waals surface area contributed by atoms with Crippen molar-refractivity contribution in [3.05, 3.63) is 36.9 Å². The number of benzene rings is 1. The van der Waals surface area contributed by atoms with E-state index in [1.807, 2.05) is 10.8 Å². The van der Waals surface area contributed by atoms with Crippen LogP contribution >= 0.6 is 11.7 Å². The summed E-state index contributed by atoms with van der Waals surface area (Å²) >= 11 is 0.993. The minimum atomic E-state index is -3.73. The fourth-order valence-corrected chi connectivity index (χ4v) is 5.82. The van der Waals surface area contributed by atoms with E-state index in [0.29, 0.717) is 37.0 Å². The van der Waals surface area contributed by atoms with Gasteiger partial charge in [0.2, 0.25) is 15.9 Å². The number of sulfonamides is 1. The van der Waals surface area contributed by atoms with Crippen LogP contribution in [0.15, 0.2) is 41.8 Å². The average molecular weight is 435 g/mol. The van der Waals surface area contributed by atoms with Crippen LogP contribution in [0.5, 0.6) is 0 Å². The van der Waals surface area contributed by atoms with E-state index in [2.05, 4.69) is 19.0 Å². The number of carbonyl (C=O) groups excluding carboxylic acids is 1. The number of amides is 1. The highest BCUT2D eigenvalue weighted by Gasteiger charge is 2.34. The first kappa shape index (κ1) is 19.9. The molecule has 9 nitrogen and oxygen atoms in total. The van der Waals surface area contributed by atoms with E-state index in [4.69, 9.17) is 0 Å². The lowest BCUT2D eigenvalue weighted by atomic mass is 9.99. The molecule has 3 heterocycles. The van der Waals surface area contributed by atoms with Crippen molar-refractivity contribution < 1.29 is 13.2 Å². The summed E-state index contributed by atoms with van der Waals surface area (Å²) < 4.78 is 38.0. The third-order valence-corrected chi connectivity index (χ3v) is 7.51. The first-order valence-electron chi connectivity index (χ1n) is 9.50. The van der Waals surface area contributed by atoms with Gasteiger partial charge < -0.3 is 9.88 Å². The maximum Gasteiger partial charge on any atom is 0.245 e. The first-order valence-corrected chi connectivity index (χ1v) is 11.7. The molecule has 1 saturated heterocycles. The van der Waals surface area contributed by atoms with Crippen molar-refractivity contribution in [2.24, 2.45) is 5.92 Å². The lowest BCUT2D eigenvalue weighted by molar-refractivity contribution is -0.126. The van der Waals surface area contributed by atoms with Gasteiger partial charge in [0.05, 0.1) is 24.0 Å². The minimum absolute atomic E-state index is 0.0935. The Balaban J connectivity index is 1.38. The average Bonchev–Trinajstić information content (AvgIpc) is 3.42. The Kier molecular flexibility index (Phi) is 5.88. The van der Waals surface area contributed by atoms with Crippen molar-refractivity contribution in [2.45, 2.75) is 30.7 Å². The Hall–Kier alpha value is -2.37. The summed E-state index contributed by atoms with van der Waals surface area (Å²) in [4.78, 5) is 16.7. The number of carbonyl (C=O) groups is 1. The second kappa shape index (κ2) is 8.56. The van der Waals surface area contributed by atoms with Crippen molar-refractivity contribution in [3.8, 4) is 0 Å². The highest BCUT2D eigenvalue weighted by molar-refractivity contribution is 7.89. The van der Waals surface area contributed by atoms with Crippen molar-refractivity contribution >= 4 is 38.7 Å². The van der Waals surface area contributed by atoms with Crippen LogP contribution in [0.3, 0.4) is 0 Å². The van der Waals surface area contributed by atoms with Crippen molar-refractivity contribution in [3.63, 3.8) is 0 Å². The maximum absolute atomic E-state index is 13.2. The number of nitrogens with zero attached hydrogens (tertiary/aromatic N) is 5. The summed E-state index contributed by atoms with van der Waals surface area (Å²) in [6.07, 6.45) is 7.46. The molecule has 1 unspecified atom stereocenters. The summed E-state index contributed by atoms with van der Waals surface area (Å²) in [5.41, 5.74) is 0.962. The van der Waals surface area contributed by atoms with Gasteiger partial charge in [-0.2, -0.15) is 13.1 Å². The van der Waals surface area contributed by atoms with Gasteiger partial charge in [0, 0.05) is 38.6 Å². The molecule has 1 aliphatic rings. The van der Waals surface area contributed by atoms with Gasteiger partial charge in [-0.15, -0.1) is 0 Å². The Labute approximate surface area is 173 Å². The van der Waals surface area contributed by atoms with Gasteiger partial charge in [-0.25, -0.2) is 13.4 Å². The molecular formula is C18H22N6O3S2. The third kappa shape index (κ3) is 4.31. The highest BCUT2D eigenvalue weighted by Crippen LogP contribution is 2.28. The Morgan fingerprint density at radius 1 is 1.31 bits per heavy atom. The summed E-state index contributed by atoms with van der Waals surface area (Å²) in [7, 11) is -3.73. The zero-order valence-corrected chi connectivity index (χ0v) is 17.4. The number of rotatable bonds is 7. The van der Waals surface area contributed by atoms with Gasteiger partial charge >= 0.3 is 0 Å². The third-order valence-electron chi connectivity index (χ3n) is 5.07. The van der Waals surface area contributed by atoms with Gasteiger partial charge in [-0.05, 0) is 31.4 Å². The molecule has 29 heavy (non-hydrogen) atoms. The van der Waals surface area contributed by atoms with Crippen LogP contribution in [0.25, 0.3) is 11.0 Å². The van der Waals surface area contributed by atoms with Gasteiger partial charge in [-0.1, -0.05) is 6.07 Å². The normalized spacial score (nSPS) is 18.1. The molecule has 0 radical (unpaired) electrons. The molecule has 0 bridgehead atoms. The van der Waals surface area contributed by atoms with Crippen LogP contribution in [0, 0.1) is 5.92 Å². The summed E-state index contributed by atoms with van der Waals surface area (Å²) in [6.45, 7) is 1.91. The van der Waals surface area contributed by atoms with E-state index in [9.17, 15) is 13.2 Å². The van der Waals surface area contributed by atoms with Crippen LogP contribution in [0.4, 0.5) is 0 Å². The van der Waals surface area contributed by atoms with Crippen molar-refractivity contribution in [2.75, 3.05) is 19.6 Å². The monoisotopic (exact) mass is 434 g/mol. The number of aromatic nitrogens is 4. The Morgan fingerprint density at radius 3 is 3.03 bits per heavy atom. The Morgan fingerprint density at radius 2 is 2.21 bits per heavy atom. The summed E-state index contributed by atoms with van der Waals surface area (Å²) in [5.74, 6) is -0.441. The molecule has 11 heteroatoms. The van der Waals surface area contributed by atoms with E-state index in [-0.39, 0.29) is 23.3 Å². The molecule has 1 aliphatic heterocycles. The lowest BCUT2D eigenvalue weighted by Gasteiger charge is -2.31. The van der Waals surface area contributed by atoms with Gasteiger partial charge in [0.25, 0.3) is 0 Å². The van der Waals surface area contributed by atoms with E-state index < -0.39 is 10.0 Å². The van der Waals surface area contributed by atoms with E-state index in [1.165, 1.54) is 4.31 Å². The quantitative estimate of drug-likeness (QED) is 0.564. The van der Waals surface area contributed by atoms with Crippen LogP contribution in [0.1, 0.15) is 19.3 Å². The molecule has 1 N–H and O–H groups in total. The highest BCUT2D eigenvalue weighted by atomic mass is 32.2.